The Kier molecular flexibility index (Phi) is 5.00. The van der Waals surface area contributed by atoms with Gasteiger partial charge in [-0.2, -0.15) is 0 Å². The predicted molar refractivity (Wildman–Crippen MR) is 92.7 cm³/mol. The van der Waals surface area contributed by atoms with Crippen molar-refractivity contribution in [2.75, 3.05) is 20.4 Å². The van der Waals surface area contributed by atoms with Crippen LogP contribution in [0.5, 0.6) is 11.5 Å². The van der Waals surface area contributed by atoms with Crippen LogP contribution in [0.4, 0.5) is 0 Å². The summed E-state index contributed by atoms with van der Waals surface area (Å²) in [6, 6.07) is 13.9. The van der Waals surface area contributed by atoms with Crippen LogP contribution in [0.25, 0.3) is 0 Å². The van der Waals surface area contributed by atoms with Gasteiger partial charge in [-0.3, -0.25) is 9.59 Å². The van der Waals surface area contributed by atoms with Gasteiger partial charge in [0.1, 0.15) is 0 Å². The van der Waals surface area contributed by atoms with E-state index in [0.29, 0.717) is 23.5 Å². The van der Waals surface area contributed by atoms with E-state index in [1.165, 1.54) is 4.90 Å². The monoisotopic (exact) mass is 340 g/mol. The number of amides is 1. The summed E-state index contributed by atoms with van der Waals surface area (Å²) in [7, 11) is 1.58. The van der Waals surface area contributed by atoms with Gasteiger partial charge in [-0.05, 0) is 30.2 Å². The zero-order valence-corrected chi connectivity index (χ0v) is 14.0. The van der Waals surface area contributed by atoms with Crippen molar-refractivity contribution in [3.8, 4) is 11.5 Å². The number of rotatable bonds is 6. The SMILES string of the molecule is CN(CC(=O)c1ccc2c(c1)OCO2)C(=O)C(N)Cc1ccccc1. The van der Waals surface area contributed by atoms with Gasteiger partial charge >= 0.3 is 0 Å². The van der Waals surface area contributed by atoms with Crippen molar-refractivity contribution in [1.82, 2.24) is 4.90 Å². The molecule has 1 amide bonds. The molecule has 0 spiro atoms. The molecule has 0 aliphatic carbocycles. The van der Waals surface area contributed by atoms with Crippen molar-refractivity contribution >= 4 is 11.7 Å². The van der Waals surface area contributed by atoms with Gasteiger partial charge < -0.3 is 20.1 Å². The lowest BCUT2D eigenvalue weighted by Gasteiger charge is -2.21. The van der Waals surface area contributed by atoms with Crippen LogP contribution in [-0.4, -0.2) is 43.0 Å². The van der Waals surface area contributed by atoms with Gasteiger partial charge in [0.25, 0.3) is 0 Å². The molecule has 0 saturated heterocycles. The van der Waals surface area contributed by atoms with Crippen molar-refractivity contribution in [2.24, 2.45) is 5.73 Å². The van der Waals surface area contributed by atoms with Crippen molar-refractivity contribution in [3.05, 3.63) is 59.7 Å². The van der Waals surface area contributed by atoms with E-state index in [9.17, 15) is 9.59 Å². The van der Waals surface area contributed by atoms with Gasteiger partial charge in [-0.25, -0.2) is 0 Å². The summed E-state index contributed by atoms with van der Waals surface area (Å²) >= 11 is 0. The number of benzene rings is 2. The van der Waals surface area contributed by atoms with Crippen LogP contribution in [0.3, 0.4) is 0 Å². The molecule has 0 radical (unpaired) electrons. The lowest BCUT2D eigenvalue weighted by Crippen LogP contribution is -2.44. The van der Waals surface area contributed by atoms with Crippen LogP contribution in [0.2, 0.25) is 0 Å². The fourth-order valence-electron chi connectivity index (χ4n) is 2.69. The number of hydrogen-bond donors (Lipinski definition) is 1. The maximum absolute atomic E-state index is 12.4. The molecule has 1 aliphatic heterocycles. The Morgan fingerprint density at radius 1 is 1.12 bits per heavy atom. The molecular formula is C19H20N2O4. The number of fused-ring (bicyclic) bond motifs is 1. The average Bonchev–Trinajstić information content (AvgIpc) is 3.09. The lowest BCUT2D eigenvalue weighted by atomic mass is 10.1. The normalized spacial score (nSPS) is 13.4. The zero-order valence-electron chi connectivity index (χ0n) is 14.0. The fourth-order valence-corrected chi connectivity index (χ4v) is 2.69. The third-order valence-electron chi connectivity index (χ3n) is 4.07. The van der Waals surface area contributed by atoms with E-state index in [0.717, 1.165) is 5.56 Å². The number of hydrogen-bond acceptors (Lipinski definition) is 5. The van der Waals surface area contributed by atoms with E-state index in [1.807, 2.05) is 30.3 Å². The van der Waals surface area contributed by atoms with Crippen LogP contribution >= 0.6 is 0 Å². The molecule has 2 N–H and O–H groups in total. The Bertz CT molecular complexity index is 776. The summed E-state index contributed by atoms with van der Waals surface area (Å²) in [5.41, 5.74) is 7.46. The quantitative estimate of drug-likeness (QED) is 0.808. The molecule has 1 unspecified atom stereocenters. The Hall–Kier alpha value is -2.86. The third-order valence-corrected chi connectivity index (χ3v) is 4.07. The number of likely N-dealkylation sites (N-methyl/N-ethyl adjacent to an activating group) is 1. The van der Waals surface area contributed by atoms with Crippen LogP contribution in [0, 0.1) is 0 Å². The molecule has 0 saturated carbocycles. The minimum absolute atomic E-state index is 0.0407. The van der Waals surface area contributed by atoms with Crippen molar-refractivity contribution in [1.29, 1.82) is 0 Å². The molecule has 6 nitrogen and oxygen atoms in total. The maximum atomic E-state index is 12.4. The van der Waals surface area contributed by atoms with Gasteiger partial charge in [0.2, 0.25) is 12.7 Å². The van der Waals surface area contributed by atoms with Crippen molar-refractivity contribution < 1.29 is 19.1 Å². The number of carbonyl (C=O) groups excluding carboxylic acids is 2. The highest BCUT2D eigenvalue weighted by molar-refractivity contribution is 6.00. The number of ketones is 1. The standard InChI is InChI=1S/C19H20N2O4/c1-21(19(23)15(20)9-13-5-3-2-4-6-13)11-16(22)14-7-8-17-18(10-14)25-12-24-17/h2-8,10,15H,9,11-12,20H2,1H3. The van der Waals surface area contributed by atoms with Crippen molar-refractivity contribution in [3.63, 3.8) is 0 Å². The maximum Gasteiger partial charge on any atom is 0.239 e. The molecule has 1 aliphatic rings. The Morgan fingerprint density at radius 3 is 2.60 bits per heavy atom. The highest BCUT2D eigenvalue weighted by atomic mass is 16.7. The molecule has 130 valence electrons. The fraction of sp³-hybridized carbons (Fsp3) is 0.263. The van der Waals surface area contributed by atoms with Gasteiger partial charge in [0.05, 0.1) is 12.6 Å². The first-order chi connectivity index (χ1) is 12.0. The molecule has 0 aromatic heterocycles. The predicted octanol–water partition coefficient (Wildman–Crippen LogP) is 1.63. The van der Waals surface area contributed by atoms with E-state index in [2.05, 4.69) is 0 Å². The second kappa shape index (κ2) is 7.36. The minimum Gasteiger partial charge on any atom is -0.454 e. The minimum atomic E-state index is -0.683. The van der Waals surface area contributed by atoms with E-state index >= 15 is 0 Å². The highest BCUT2D eigenvalue weighted by Crippen LogP contribution is 2.32. The van der Waals surface area contributed by atoms with E-state index in [4.69, 9.17) is 15.2 Å². The molecule has 0 fully saturated rings. The summed E-state index contributed by atoms with van der Waals surface area (Å²) in [5.74, 6) is 0.713. The molecule has 0 bridgehead atoms. The first-order valence-electron chi connectivity index (χ1n) is 8.02. The second-order valence-electron chi connectivity index (χ2n) is 5.98. The Morgan fingerprint density at radius 2 is 1.84 bits per heavy atom. The average molecular weight is 340 g/mol. The number of Topliss-reactive ketones (excluding diaryl/α,β-unsaturated/α-hetero) is 1. The van der Waals surface area contributed by atoms with Crippen LogP contribution in [0.1, 0.15) is 15.9 Å². The molecule has 2 aromatic carbocycles. The van der Waals surface area contributed by atoms with E-state index < -0.39 is 6.04 Å². The Labute approximate surface area is 146 Å². The Balaban J connectivity index is 1.60. The van der Waals surface area contributed by atoms with Crippen LogP contribution in [0.15, 0.2) is 48.5 Å². The third kappa shape index (κ3) is 3.97. The molecule has 2 aromatic rings. The summed E-state index contributed by atoms with van der Waals surface area (Å²) < 4.78 is 10.5. The van der Waals surface area contributed by atoms with Gasteiger partial charge in [0.15, 0.2) is 17.3 Å². The number of nitrogens with two attached hydrogens (primary N) is 1. The van der Waals surface area contributed by atoms with Gasteiger partial charge in [-0.1, -0.05) is 30.3 Å². The van der Waals surface area contributed by atoms with Gasteiger partial charge in [-0.15, -0.1) is 0 Å². The first kappa shape index (κ1) is 17.0. The summed E-state index contributed by atoms with van der Waals surface area (Å²) in [6.07, 6.45) is 0.433. The number of ether oxygens (including phenoxy) is 2. The zero-order chi connectivity index (χ0) is 17.8. The van der Waals surface area contributed by atoms with E-state index in [1.54, 1.807) is 25.2 Å². The molecule has 1 heterocycles. The first-order valence-corrected chi connectivity index (χ1v) is 8.02. The van der Waals surface area contributed by atoms with E-state index in [-0.39, 0.29) is 25.0 Å². The number of nitrogens with zero attached hydrogens (tertiary/aromatic N) is 1. The molecule has 1 atom stereocenters. The van der Waals surface area contributed by atoms with Crippen molar-refractivity contribution in [2.45, 2.75) is 12.5 Å². The molecule has 6 heteroatoms. The summed E-state index contributed by atoms with van der Waals surface area (Å²) in [5, 5.41) is 0. The molecular weight excluding hydrogens is 320 g/mol. The summed E-state index contributed by atoms with van der Waals surface area (Å²) in [6.45, 7) is 0.112. The number of carbonyl (C=O) groups is 2. The lowest BCUT2D eigenvalue weighted by molar-refractivity contribution is -0.130. The molecule has 3 rings (SSSR count). The molecule has 25 heavy (non-hydrogen) atoms. The topological polar surface area (TPSA) is 81.9 Å². The van der Waals surface area contributed by atoms with Gasteiger partial charge in [0, 0.05) is 12.6 Å². The smallest absolute Gasteiger partial charge is 0.239 e. The van der Waals surface area contributed by atoms with Crippen LogP contribution in [-0.2, 0) is 11.2 Å². The second-order valence-corrected chi connectivity index (χ2v) is 5.98. The largest absolute Gasteiger partial charge is 0.454 e. The van der Waals surface area contributed by atoms with Crippen LogP contribution < -0.4 is 15.2 Å². The highest BCUT2D eigenvalue weighted by Gasteiger charge is 2.22. The summed E-state index contributed by atoms with van der Waals surface area (Å²) in [4.78, 5) is 26.2.